The number of nitrogens with two attached hydrogens (primary N) is 1. The van der Waals surface area contributed by atoms with Gasteiger partial charge in [-0.25, -0.2) is 9.97 Å². The van der Waals surface area contributed by atoms with Crippen LogP contribution in [0.5, 0.6) is 11.6 Å². The Hall–Kier alpha value is -2.67. The van der Waals surface area contributed by atoms with E-state index in [1.165, 1.54) is 12.4 Å². The van der Waals surface area contributed by atoms with Gasteiger partial charge in [-0.1, -0.05) is 23.4 Å². The Morgan fingerprint density at radius 2 is 2.00 bits per heavy atom. The molecule has 4 N–H and O–H groups in total. The lowest BCUT2D eigenvalue weighted by atomic mass is 10.1. The van der Waals surface area contributed by atoms with Crippen molar-refractivity contribution < 1.29 is 15.1 Å². The lowest BCUT2D eigenvalue weighted by Gasteiger charge is -2.11. The number of oxime groups is 1. The molecule has 2 rings (SSSR count). The average Bonchev–Trinajstić information content (AvgIpc) is 2.49. The lowest BCUT2D eigenvalue weighted by Crippen LogP contribution is -2.16. The van der Waals surface area contributed by atoms with Crippen molar-refractivity contribution in [3.63, 3.8) is 0 Å². The highest BCUT2D eigenvalue weighted by Crippen LogP contribution is 2.25. The van der Waals surface area contributed by atoms with Crippen molar-refractivity contribution in [1.82, 2.24) is 9.97 Å². The predicted octanol–water partition coefficient (Wildman–Crippen LogP) is 0.898. The van der Waals surface area contributed by atoms with E-state index in [0.717, 1.165) is 5.56 Å². The molecule has 0 saturated heterocycles. The largest absolute Gasteiger partial charge is 0.437 e. The quantitative estimate of drug-likeness (QED) is 0.323. The summed E-state index contributed by atoms with van der Waals surface area (Å²) in [6.45, 7) is 0.00787. The first-order chi connectivity index (χ1) is 9.76. The summed E-state index contributed by atoms with van der Waals surface area (Å²) in [6.07, 6.45) is 3.31. The molecular formula is C13H14N4O3. The normalized spacial score (nSPS) is 11.3. The molecule has 7 nitrogen and oxygen atoms in total. The molecule has 0 unspecified atom stereocenters. The molecule has 0 amide bonds. The summed E-state index contributed by atoms with van der Waals surface area (Å²) in [5.74, 6) is 0.481. The maximum Gasteiger partial charge on any atom is 0.249 e. The number of ether oxygens (including phenoxy) is 1. The molecule has 0 aliphatic heterocycles. The minimum absolute atomic E-state index is 0.00787. The topological polar surface area (TPSA) is 114 Å². The van der Waals surface area contributed by atoms with Crippen LogP contribution in [0.1, 0.15) is 11.3 Å². The number of amidine groups is 1. The van der Waals surface area contributed by atoms with Crippen LogP contribution in [0.25, 0.3) is 0 Å². The van der Waals surface area contributed by atoms with Gasteiger partial charge in [-0.15, -0.1) is 0 Å². The van der Waals surface area contributed by atoms with Crippen LogP contribution < -0.4 is 10.5 Å². The summed E-state index contributed by atoms with van der Waals surface area (Å²) in [5.41, 5.74) is 6.50. The van der Waals surface area contributed by atoms with Gasteiger partial charge >= 0.3 is 0 Å². The van der Waals surface area contributed by atoms with Crippen molar-refractivity contribution in [2.75, 3.05) is 6.61 Å². The van der Waals surface area contributed by atoms with Crippen LogP contribution in [0.2, 0.25) is 0 Å². The van der Waals surface area contributed by atoms with Crippen LogP contribution in [-0.4, -0.2) is 32.7 Å². The molecule has 0 spiro atoms. The standard InChI is InChI=1S/C13H14N4O3/c14-12(17-19)11-13(16-7-6-15-11)20-10-4-2-1-3-9(10)5-8-18/h1-4,6-7,18-19H,5,8H2,(H2,14,17). The highest BCUT2D eigenvalue weighted by molar-refractivity contribution is 5.97. The highest BCUT2D eigenvalue weighted by atomic mass is 16.5. The zero-order valence-corrected chi connectivity index (χ0v) is 10.6. The maximum atomic E-state index is 9.04. The second kappa shape index (κ2) is 6.48. The van der Waals surface area contributed by atoms with E-state index in [1.54, 1.807) is 12.1 Å². The second-order valence-corrected chi connectivity index (χ2v) is 3.88. The van der Waals surface area contributed by atoms with Crippen molar-refractivity contribution in [2.24, 2.45) is 10.9 Å². The van der Waals surface area contributed by atoms with Gasteiger partial charge in [0.25, 0.3) is 0 Å². The van der Waals surface area contributed by atoms with E-state index in [-0.39, 0.29) is 24.0 Å². The fraction of sp³-hybridized carbons (Fsp3) is 0.154. The number of aliphatic hydroxyl groups is 1. The Morgan fingerprint density at radius 3 is 2.75 bits per heavy atom. The Bertz CT molecular complexity index is 616. The third-order valence-corrected chi connectivity index (χ3v) is 2.58. The number of para-hydroxylation sites is 1. The first-order valence-electron chi connectivity index (χ1n) is 5.91. The van der Waals surface area contributed by atoms with Gasteiger partial charge in [0.1, 0.15) is 5.75 Å². The lowest BCUT2D eigenvalue weighted by molar-refractivity contribution is 0.297. The number of aliphatic hydroxyl groups excluding tert-OH is 1. The van der Waals surface area contributed by atoms with Crippen molar-refractivity contribution in [3.05, 3.63) is 47.9 Å². The van der Waals surface area contributed by atoms with Crippen LogP contribution in [0, 0.1) is 0 Å². The number of hydrogen-bond acceptors (Lipinski definition) is 6. The summed E-state index contributed by atoms with van der Waals surface area (Å²) in [6, 6.07) is 7.23. The van der Waals surface area contributed by atoms with E-state index < -0.39 is 0 Å². The fourth-order valence-corrected chi connectivity index (χ4v) is 1.66. The molecule has 7 heteroatoms. The Balaban J connectivity index is 2.36. The van der Waals surface area contributed by atoms with Crippen molar-refractivity contribution in [1.29, 1.82) is 0 Å². The Labute approximate surface area is 115 Å². The summed E-state index contributed by atoms with van der Waals surface area (Å²) < 4.78 is 5.66. The van der Waals surface area contributed by atoms with Crippen molar-refractivity contribution >= 4 is 5.84 Å². The molecule has 1 heterocycles. The SMILES string of the molecule is N/C(=N/O)c1nccnc1Oc1ccccc1CCO. The minimum atomic E-state index is -0.187. The van der Waals surface area contributed by atoms with Gasteiger partial charge < -0.3 is 20.8 Å². The van der Waals surface area contributed by atoms with Crippen molar-refractivity contribution in [2.45, 2.75) is 6.42 Å². The average molecular weight is 274 g/mol. The van der Waals surface area contributed by atoms with E-state index >= 15 is 0 Å². The summed E-state index contributed by atoms with van der Waals surface area (Å²) in [4.78, 5) is 7.99. The fourth-order valence-electron chi connectivity index (χ4n) is 1.66. The molecule has 0 aliphatic carbocycles. The third-order valence-electron chi connectivity index (χ3n) is 2.58. The zero-order chi connectivity index (χ0) is 14.4. The molecule has 104 valence electrons. The number of aromatic nitrogens is 2. The number of rotatable bonds is 5. The predicted molar refractivity (Wildman–Crippen MR) is 71.8 cm³/mol. The van der Waals surface area contributed by atoms with Crippen LogP contribution in [0.3, 0.4) is 0 Å². The van der Waals surface area contributed by atoms with Gasteiger partial charge in [-0.3, -0.25) is 0 Å². The van der Waals surface area contributed by atoms with Crippen LogP contribution in [0.4, 0.5) is 0 Å². The van der Waals surface area contributed by atoms with Gasteiger partial charge in [-0.2, -0.15) is 0 Å². The van der Waals surface area contributed by atoms with E-state index in [0.29, 0.717) is 12.2 Å². The summed E-state index contributed by atoms with van der Waals surface area (Å²) >= 11 is 0. The molecule has 0 radical (unpaired) electrons. The highest BCUT2D eigenvalue weighted by Gasteiger charge is 2.13. The van der Waals surface area contributed by atoms with Crippen LogP contribution in [0.15, 0.2) is 41.8 Å². The van der Waals surface area contributed by atoms with Crippen LogP contribution in [-0.2, 0) is 6.42 Å². The van der Waals surface area contributed by atoms with E-state index in [9.17, 15) is 0 Å². The molecule has 0 aliphatic rings. The molecule has 0 atom stereocenters. The first kappa shape index (κ1) is 13.8. The van der Waals surface area contributed by atoms with Gasteiger partial charge in [0.2, 0.25) is 5.88 Å². The summed E-state index contributed by atoms with van der Waals surface area (Å²) in [5, 5.41) is 20.7. The van der Waals surface area contributed by atoms with E-state index in [1.807, 2.05) is 12.1 Å². The zero-order valence-electron chi connectivity index (χ0n) is 10.6. The molecule has 20 heavy (non-hydrogen) atoms. The monoisotopic (exact) mass is 274 g/mol. The maximum absolute atomic E-state index is 9.04. The molecule has 0 saturated carbocycles. The number of hydrogen-bond donors (Lipinski definition) is 3. The molecule has 1 aromatic heterocycles. The van der Waals surface area contributed by atoms with Gasteiger partial charge in [0.15, 0.2) is 11.5 Å². The molecule has 0 fully saturated rings. The number of benzene rings is 1. The van der Waals surface area contributed by atoms with E-state index in [4.69, 9.17) is 20.8 Å². The Morgan fingerprint density at radius 1 is 1.25 bits per heavy atom. The molecular weight excluding hydrogens is 260 g/mol. The van der Waals surface area contributed by atoms with Crippen molar-refractivity contribution in [3.8, 4) is 11.6 Å². The van der Waals surface area contributed by atoms with Gasteiger partial charge in [-0.05, 0) is 18.1 Å². The molecule has 0 bridgehead atoms. The minimum Gasteiger partial charge on any atom is -0.437 e. The third kappa shape index (κ3) is 3.01. The summed E-state index contributed by atoms with van der Waals surface area (Å²) in [7, 11) is 0. The Kier molecular flexibility index (Phi) is 4.46. The van der Waals surface area contributed by atoms with Crippen LogP contribution >= 0.6 is 0 Å². The van der Waals surface area contributed by atoms with Gasteiger partial charge in [0.05, 0.1) is 0 Å². The smallest absolute Gasteiger partial charge is 0.249 e. The first-order valence-corrected chi connectivity index (χ1v) is 5.91. The molecule has 1 aromatic carbocycles. The van der Waals surface area contributed by atoms with Gasteiger partial charge in [0, 0.05) is 19.0 Å². The molecule has 2 aromatic rings. The number of nitrogens with zero attached hydrogens (tertiary/aromatic N) is 3. The second-order valence-electron chi connectivity index (χ2n) is 3.88. The van der Waals surface area contributed by atoms with E-state index in [2.05, 4.69) is 15.1 Å².